The number of aromatic nitrogens is 2. The van der Waals surface area contributed by atoms with Gasteiger partial charge in [-0.15, -0.1) is 0 Å². The molecule has 1 amide bonds. The monoisotopic (exact) mass is 335 g/mol. The minimum absolute atomic E-state index is 0.0470. The minimum Gasteiger partial charge on any atom is -0.469 e. The van der Waals surface area contributed by atoms with Gasteiger partial charge in [0.15, 0.2) is 0 Å². The van der Waals surface area contributed by atoms with Crippen molar-refractivity contribution >= 4 is 5.91 Å². The highest BCUT2D eigenvalue weighted by Gasteiger charge is 2.28. The van der Waals surface area contributed by atoms with Crippen LogP contribution in [0, 0.1) is 6.92 Å². The fraction of sp³-hybridized carbons (Fsp3) is 0.300. The van der Waals surface area contributed by atoms with Crippen molar-refractivity contribution in [1.29, 1.82) is 0 Å². The fourth-order valence-electron chi connectivity index (χ4n) is 3.47. The van der Waals surface area contributed by atoms with Crippen LogP contribution < -0.4 is 0 Å². The molecule has 3 aromatic rings. The molecule has 1 aromatic carbocycles. The predicted octanol–water partition coefficient (Wildman–Crippen LogP) is 4.00. The summed E-state index contributed by atoms with van der Waals surface area (Å²) in [6.45, 7) is 3.30. The molecule has 5 nitrogen and oxygen atoms in total. The Morgan fingerprint density at radius 2 is 2.12 bits per heavy atom. The lowest BCUT2D eigenvalue weighted by molar-refractivity contribution is 0.0703. The molecule has 0 bridgehead atoms. The number of rotatable bonds is 3. The van der Waals surface area contributed by atoms with Crippen molar-refractivity contribution in [2.75, 3.05) is 13.1 Å². The molecule has 4 rings (SSSR count). The molecule has 0 spiro atoms. The first kappa shape index (κ1) is 15.7. The van der Waals surface area contributed by atoms with Gasteiger partial charge in [-0.1, -0.05) is 30.3 Å². The van der Waals surface area contributed by atoms with E-state index in [0.717, 1.165) is 36.5 Å². The van der Waals surface area contributed by atoms with Gasteiger partial charge in [0.05, 0.1) is 23.7 Å². The number of nitrogens with one attached hydrogen (secondary N) is 1. The van der Waals surface area contributed by atoms with Gasteiger partial charge >= 0.3 is 0 Å². The van der Waals surface area contributed by atoms with Gasteiger partial charge in [0, 0.05) is 19.0 Å². The Hall–Kier alpha value is -2.82. The van der Waals surface area contributed by atoms with Gasteiger partial charge < -0.3 is 14.3 Å². The summed E-state index contributed by atoms with van der Waals surface area (Å²) < 4.78 is 5.27. The van der Waals surface area contributed by atoms with Crippen LogP contribution in [0.1, 0.15) is 40.7 Å². The van der Waals surface area contributed by atoms with E-state index in [1.54, 1.807) is 12.3 Å². The summed E-state index contributed by atoms with van der Waals surface area (Å²) in [4.78, 5) is 22.6. The maximum Gasteiger partial charge on any atom is 0.257 e. The predicted molar refractivity (Wildman–Crippen MR) is 95.3 cm³/mol. The van der Waals surface area contributed by atoms with Crippen LogP contribution in [-0.2, 0) is 0 Å². The van der Waals surface area contributed by atoms with E-state index in [4.69, 9.17) is 4.42 Å². The first-order valence-electron chi connectivity index (χ1n) is 8.66. The van der Waals surface area contributed by atoms with E-state index in [1.807, 2.05) is 36.2 Å². The lowest BCUT2D eigenvalue weighted by Crippen LogP contribution is -2.39. The fourth-order valence-corrected chi connectivity index (χ4v) is 3.47. The maximum absolute atomic E-state index is 12.7. The second-order valence-corrected chi connectivity index (χ2v) is 6.53. The number of hydrogen-bond donors (Lipinski definition) is 1. The third-order valence-corrected chi connectivity index (χ3v) is 4.86. The van der Waals surface area contributed by atoms with Crippen LogP contribution in [0.2, 0.25) is 0 Å². The van der Waals surface area contributed by atoms with E-state index in [9.17, 15) is 4.79 Å². The summed E-state index contributed by atoms with van der Waals surface area (Å²) >= 11 is 0. The quantitative estimate of drug-likeness (QED) is 0.787. The molecule has 2 aromatic heterocycles. The van der Waals surface area contributed by atoms with Gasteiger partial charge in [-0.25, -0.2) is 4.98 Å². The number of aryl methyl sites for hydroxylation is 1. The number of carbonyl (C=O) groups is 1. The molecular weight excluding hydrogens is 314 g/mol. The van der Waals surface area contributed by atoms with Crippen LogP contribution in [-0.4, -0.2) is 33.9 Å². The Morgan fingerprint density at radius 3 is 2.88 bits per heavy atom. The van der Waals surface area contributed by atoms with Crippen LogP contribution >= 0.6 is 0 Å². The Kier molecular flexibility index (Phi) is 4.14. The van der Waals surface area contributed by atoms with Crippen molar-refractivity contribution in [1.82, 2.24) is 14.9 Å². The van der Waals surface area contributed by atoms with Crippen LogP contribution in [0.25, 0.3) is 11.3 Å². The molecule has 1 N–H and O–H groups in total. The third-order valence-electron chi connectivity index (χ3n) is 4.86. The molecule has 25 heavy (non-hydrogen) atoms. The molecule has 3 heterocycles. The minimum atomic E-state index is 0.0470. The van der Waals surface area contributed by atoms with Crippen LogP contribution in [0.5, 0.6) is 0 Å². The van der Waals surface area contributed by atoms with Gasteiger partial charge in [-0.05, 0) is 31.4 Å². The smallest absolute Gasteiger partial charge is 0.257 e. The van der Waals surface area contributed by atoms with E-state index in [2.05, 4.69) is 22.1 Å². The second-order valence-electron chi connectivity index (χ2n) is 6.53. The number of furan rings is 1. The van der Waals surface area contributed by atoms with Crippen molar-refractivity contribution in [3.8, 4) is 11.3 Å². The van der Waals surface area contributed by atoms with Crippen molar-refractivity contribution in [2.45, 2.75) is 25.7 Å². The second kappa shape index (κ2) is 6.59. The molecule has 1 aliphatic rings. The maximum atomic E-state index is 12.7. The van der Waals surface area contributed by atoms with Crippen LogP contribution in [0.4, 0.5) is 0 Å². The zero-order valence-electron chi connectivity index (χ0n) is 14.2. The summed E-state index contributed by atoms with van der Waals surface area (Å²) in [5.41, 5.74) is 2.80. The molecule has 1 aliphatic heterocycles. The zero-order chi connectivity index (χ0) is 17.2. The standard InChI is InChI=1S/C20H21N3O2/c1-14-17(9-11-25-14)20(24)23-10-5-8-16(13-23)19-21-12-18(22-19)15-6-3-2-4-7-15/h2-4,6-7,9,11-12,16H,5,8,10,13H2,1H3,(H,21,22)/t16-/m1/s1. The zero-order valence-corrected chi connectivity index (χ0v) is 14.2. The Bertz CT molecular complexity index is 866. The van der Waals surface area contributed by atoms with Crippen LogP contribution in [0.3, 0.4) is 0 Å². The molecule has 1 saturated heterocycles. The SMILES string of the molecule is Cc1occc1C(=O)N1CCC[C@@H](c2ncc(-c3ccccc3)[nH]2)C1. The highest BCUT2D eigenvalue weighted by atomic mass is 16.3. The number of H-pyrrole nitrogens is 1. The number of likely N-dealkylation sites (tertiary alicyclic amines) is 1. The molecule has 0 aliphatic carbocycles. The Labute approximate surface area is 146 Å². The van der Waals surface area contributed by atoms with Crippen molar-refractivity contribution in [2.24, 2.45) is 0 Å². The van der Waals surface area contributed by atoms with Gasteiger partial charge in [0.25, 0.3) is 5.91 Å². The highest BCUT2D eigenvalue weighted by molar-refractivity contribution is 5.95. The average molecular weight is 335 g/mol. The number of carbonyl (C=O) groups excluding carboxylic acids is 1. The molecule has 0 unspecified atom stereocenters. The molecule has 5 heteroatoms. The Balaban J connectivity index is 1.51. The first-order chi connectivity index (χ1) is 12.2. The van der Waals surface area contributed by atoms with Gasteiger partial charge in [0.1, 0.15) is 11.6 Å². The van der Waals surface area contributed by atoms with Crippen molar-refractivity contribution in [3.05, 3.63) is 66.0 Å². The number of benzene rings is 1. The number of piperidine rings is 1. The van der Waals surface area contributed by atoms with E-state index in [-0.39, 0.29) is 11.8 Å². The normalized spacial score (nSPS) is 17.6. The number of amides is 1. The number of nitrogens with zero attached hydrogens (tertiary/aromatic N) is 2. The molecule has 0 radical (unpaired) electrons. The number of hydrogen-bond acceptors (Lipinski definition) is 3. The largest absolute Gasteiger partial charge is 0.469 e. The third kappa shape index (κ3) is 3.09. The van der Waals surface area contributed by atoms with E-state index in [0.29, 0.717) is 17.9 Å². The van der Waals surface area contributed by atoms with Crippen LogP contribution in [0.15, 0.2) is 53.3 Å². The summed E-state index contributed by atoms with van der Waals surface area (Å²) in [6, 6.07) is 11.9. The van der Waals surface area contributed by atoms with E-state index in [1.165, 1.54) is 0 Å². The lowest BCUT2D eigenvalue weighted by Gasteiger charge is -2.31. The molecule has 0 saturated carbocycles. The molecule has 128 valence electrons. The topological polar surface area (TPSA) is 62.1 Å². The van der Waals surface area contributed by atoms with Gasteiger partial charge in [-0.2, -0.15) is 0 Å². The van der Waals surface area contributed by atoms with Gasteiger partial charge in [0.2, 0.25) is 0 Å². The summed E-state index contributed by atoms with van der Waals surface area (Å²) in [5.74, 6) is 1.92. The molecule has 1 atom stereocenters. The number of imidazole rings is 1. The number of aromatic amines is 1. The summed E-state index contributed by atoms with van der Waals surface area (Å²) in [7, 11) is 0. The molecular formula is C20H21N3O2. The lowest BCUT2D eigenvalue weighted by atomic mass is 9.96. The molecule has 1 fully saturated rings. The van der Waals surface area contributed by atoms with Gasteiger partial charge in [-0.3, -0.25) is 4.79 Å². The average Bonchev–Trinajstić information content (AvgIpc) is 3.31. The Morgan fingerprint density at radius 1 is 1.28 bits per heavy atom. The summed E-state index contributed by atoms with van der Waals surface area (Å²) in [5, 5.41) is 0. The highest BCUT2D eigenvalue weighted by Crippen LogP contribution is 2.28. The van der Waals surface area contributed by atoms with Crippen molar-refractivity contribution in [3.63, 3.8) is 0 Å². The van der Waals surface area contributed by atoms with E-state index >= 15 is 0 Å². The first-order valence-corrected chi connectivity index (χ1v) is 8.66. The van der Waals surface area contributed by atoms with E-state index < -0.39 is 0 Å². The summed E-state index contributed by atoms with van der Waals surface area (Å²) in [6.07, 6.45) is 5.47. The van der Waals surface area contributed by atoms with Crippen molar-refractivity contribution < 1.29 is 9.21 Å².